The molecule has 0 saturated heterocycles. The first-order valence-electron chi connectivity index (χ1n) is 5.69. The molecule has 18 heavy (non-hydrogen) atoms. The number of carbonyl (C=O) groups excluding carboxylic acids is 1. The van der Waals surface area contributed by atoms with Crippen molar-refractivity contribution in [2.75, 3.05) is 0 Å². The van der Waals surface area contributed by atoms with E-state index in [9.17, 15) is 9.18 Å². The number of aromatic nitrogens is 1. The molecule has 0 radical (unpaired) electrons. The monoisotopic (exact) mass is 251 g/mol. The molecular weight excluding hydrogens is 237 g/mol. The van der Waals surface area contributed by atoms with Gasteiger partial charge < -0.3 is 9.15 Å². The van der Waals surface area contributed by atoms with Gasteiger partial charge in [-0.15, -0.1) is 0 Å². The van der Waals surface area contributed by atoms with Gasteiger partial charge in [-0.3, -0.25) is 4.79 Å². The number of esters is 1. The van der Waals surface area contributed by atoms with E-state index in [1.54, 1.807) is 6.07 Å². The molecule has 1 heterocycles. The van der Waals surface area contributed by atoms with E-state index in [0.29, 0.717) is 16.7 Å². The number of oxazole rings is 1. The molecule has 2 aromatic rings. The van der Waals surface area contributed by atoms with Crippen molar-refractivity contribution >= 4 is 17.1 Å². The number of carbonyl (C=O) groups is 1. The summed E-state index contributed by atoms with van der Waals surface area (Å²) in [6.07, 6.45) is 0. The average Bonchev–Trinajstić information content (AvgIpc) is 2.66. The number of fused-ring (bicyclic) bond motifs is 1. The lowest BCUT2D eigenvalue weighted by atomic mass is 10.0. The van der Waals surface area contributed by atoms with Gasteiger partial charge in [0.2, 0.25) is 5.89 Å². The van der Waals surface area contributed by atoms with Crippen LogP contribution in [0.3, 0.4) is 0 Å². The van der Waals surface area contributed by atoms with Crippen molar-refractivity contribution in [1.29, 1.82) is 0 Å². The van der Waals surface area contributed by atoms with E-state index in [4.69, 9.17) is 9.15 Å². The van der Waals surface area contributed by atoms with Crippen molar-refractivity contribution < 1.29 is 18.3 Å². The molecule has 0 amide bonds. The lowest BCUT2D eigenvalue weighted by Gasteiger charge is -2.05. The smallest absolute Gasteiger partial charge is 0.303 e. The van der Waals surface area contributed by atoms with E-state index in [0.717, 1.165) is 0 Å². The fraction of sp³-hybridized carbons (Fsp3) is 0.385. The molecule has 0 bridgehead atoms. The van der Waals surface area contributed by atoms with E-state index < -0.39 is 5.97 Å². The van der Waals surface area contributed by atoms with Gasteiger partial charge >= 0.3 is 5.97 Å². The molecular formula is C13H14FNO3. The van der Waals surface area contributed by atoms with Crippen LogP contribution in [0.5, 0.6) is 0 Å². The van der Waals surface area contributed by atoms with Crippen molar-refractivity contribution in [3.05, 3.63) is 29.4 Å². The Morgan fingerprint density at radius 1 is 1.50 bits per heavy atom. The van der Waals surface area contributed by atoms with Crippen molar-refractivity contribution in [3.63, 3.8) is 0 Å². The molecule has 0 N–H and O–H groups in total. The predicted octanol–water partition coefficient (Wildman–Crippen LogP) is 3.15. The Morgan fingerprint density at radius 2 is 2.22 bits per heavy atom. The highest BCUT2D eigenvalue weighted by atomic mass is 19.1. The number of nitrogens with zero attached hydrogens (tertiary/aromatic N) is 1. The van der Waals surface area contributed by atoms with Gasteiger partial charge in [0.05, 0.1) is 0 Å². The molecule has 0 aliphatic heterocycles. The zero-order chi connectivity index (χ0) is 13.3. The first-order chi connectivity index (χ1) is 8.47. The van der Waals surface area contributed by atoms with Crippen molar-refractivity contribution in [2.24, 2.45) is 0 Å². The molecule has 0 atom stereocenters. The van der Waals surface area contributed by atoms with Crippen LogP contribution in [0.4, 0.5) is 4.39 Å². The summed E-state index contributed by atoms with van der Waals surface area (Å²) in [7, 11) is 0. The summed E-state index contributed by atoms with van der Waals surface area (Å²) in [5.74, 6) is -0.381. The first kappa shape index (κ1) is 12.5. The molecule has 0 fully saturated rings. The molecule has 4 nitrogen and oxygen atoms in total. The molecule has 0 aliphatic carbocycles. The maximum atomic E-state index is 13.7. The second-order valence-electron chi connectivity index (χ2n) is 4.38. The highest BCUT2D eigenvalue weighted by Crippen LogP contribution is 2.25. The van der Waals surface area contributed by atoms with Gasteiger partial charge in [-0.1, -0.05) is 13.8 Å². The molecule has 0 spiro atoms. The number of halogens is 1. The number of rotatable bonds is 3. The summed E-state index contributed by atoms with van der Waals surface area (Å²) in [5.41, 5.74) is 1.51. The fourth-order valence-corrected chi connectivity index (χ4v) is 1.68. The summed E-state index contributed by atoms with van der Waals surface area (Å²) in [6, 6.07) is 2.98. The zero-order valence-electron chi connectivity index (χ0n) is 10.5. The predicted molar refractivity (Wildman–Crippen MR) is 63.5 cm³/mol. The highest BCUT2D eigenvalue weighted by molar-refractivity contribution is 5.74. The van der Waals surface area contributed by atoms with Crippen molar-refractivity contribution in [2.45, 2.75) is 33.3 Å². The van der Waals surface area contributed by atoms with Crippen LogP contribution in [0.2, 0.25) is 0 Å². The molecule has 0 saturated carbocycles. The third-order valence-electron chi connectivity index (χ3n) is 2.57. The quantitative estimate of drug-likeness (QED) is 0.786. The van der Waals surface area contributed by atoms with E-state index >= 15 is 0 Å². The van der Waals surface area contributed by atoms with Crippen LogP contribution in [-0.4, -0.2) is 11.0 Å². The van der Waals surface area contributed by atoms with E-state index in [1.807, 2.05) is 13.8 Å². The van der Waals surface area contributed by atoms with E-state index in [1.165, 1.54) is 13.0 Å². The Bertz CT molecular complexity index is 589. The summed E-state index contributed by atoms with van der Waals surface area (Å²) in [5, 5.41) is 0. The Morgan fingerprint density at radius 3 is 2.83 bits per heavy atom. The molecule has 96 valence electrons. The van der Waals surface area contributed by atoms with E-state index in [-0.39, 0.29) is 24.2 Å². The molecule has 0 aliphatic rings. The number of benzene rings is 1. The Balaban J connectivity index is 2.36. The second-order valence-corrected chi connectivity index (χ2v) is 4.38. The number of hydrogen-bond donors (Lipinski definition) is 0. The zero-order valence-corrected chi connectivity index (χ0v) is 10.5. The van der Waals surface area contributed by atoms with Crippen LogP contribution in [0.25, 0.3) is 11.1 Å². The van der Waals surface area contributed by atoms with Gasteiger partial charge in [0.1, 0.15) is 11.3 Å². The lowest BCUT2D eigenvalue weighted by molar-refractivity contribution is -0.142. The Kier molecular flexibility index (Phi) is 3.32. The molecule has 0 unspecified atom stereocenters. The Labute approximate surface area is 104 Å². The normalized spacial score (nSPS) is 11.2. The average molecular weight is 251 g/mol. The summed E-state index contributed by atoms with van der Waals surface area (Å²) in [4.78, 5) is 14.7. The van der Waals surface area contributed by atoms with E-state index in [2.05, 4.69) is 4.98 Å². The standard InChI is InChI=1S/C13H14FNO3/c1-7(2)9-4-12-11(5-10(9)14)15-13(18-12)6-17-8(3)16/h4-5,7H,6H2,1-3H3. The minimum Gasteiger partial charge on any atom is -0.456 e. The maximum Gasteiger partial charge on any atom is 0.303 e. The van der Waals surface area contributed by atoms with Crippen molar-refractivity contribution in [3.8, 4) is 0 Å². The fourth-order valence-electron chi connectivity index (χ4n) is 1.68. The third kappa shape index (κ3) is 2.50. The van der Waals surface area contributed by atoms with Crippen molar-refractivity contribution in [1.82, 2.24) is 4.98 Å². The van der Waals surface area contributed by atoms with Gasteiger partial charge in [-0.05, 0) is 17.5 Å². The summed E-state index contributed by atoms with van der Waals surface area (Å²) < 4.78 is 23.9. The summed E-state index contributed by atoms with van der Waals surface area (Å²) >= 11 is 0. The first-order valence-corrected chi connectivity index (χ1v) is 5.69. The second kappa shape index (κ2) is 4.76. The maximum absolute atomic E-state index is 13.7. The minimum absolute atomic E-state index is 0.0390. The lowest BCUT2D eigenvalue weighted by Crippen LogP contribution is -1.98. The van der Waals surface area contributed by atoms with Crippen LogP contribution in [0.1, 0.15) is 38.1 Å². The van der Waals surface area contributed by atoms with Crippen LogP contribution in [0.15, 0.2) is 16.5 Å². The topological polar surface area (TPSA) is 52.3 Å². The SMILES string of the molecule is CC(=O)OCc1nc2cc(F)c(C(C)C)cc2o1. The van der Waals surface area contributed by atoms with Gasteiger partial charge in [-0.25, -0.2) is 9.37 Å². The third-order valence-corrected chi connectivity index (χ3v) is 2.57. The van der Waals surface area contributed by atoms with Gasteiger partial charge in [-0.2, -0.15) is 0 Å². The number of hydrogen-bond acceptors (Lipinski definition) is 4. The van der Waals surface area contributed by atoms with Gasteiger partial charge in [0, 0.05) is 13.0 Å². The van der Waals surface area contributed by atoms with Gasteiger partial charge in [0.25, 0.3) is 0 Å². The largest absolute Gasteiger partial charge is 0.456 e. The highest BCUT2D eigenvalue weighted by Gasteiger charge is 2.13. The molecule has 2 rings (SSSR count). The van der Waals surface area contributed by atoms with Crippen LogP contribution >= 0.6 is 0 Å². The van der Waals surface area contributed by atoms with Crippen LogP contribution in [-0.2, 0) is 16.1 Å². The van der Waals surface area contributed by atoms with Crippen LogP contribution in [0, 0.1) is 5.82 Å². The number of ether oxygens (including phenoxy) is 1. The molecule has 5 heteroatoms. The van der Waals surface area contributed by atoms with Gasteiger partial charge in [0.15, 0.2) is 12.2 Å². The van der Waals surface area contributed by atoms with Crippen LogP contribution < -0.4 is 0 Å². The minimum atomic E-state index is -0.411. The molecule has 1 aromatic heterocycles. The molecule has 1 aromatic carbocycles. The summed E-state index contributed by atoms with van der Waals surface area (Å²) in [6.45, 7) is 5.07. The Hall–Kier alpha value is -1.91.